The summed E-state index contributed by atoms with van der Waals surface area (Å²) in [6, 6.07) is 16.3. The second-order valence-electron chi connectivity index (χ2n) is 6.45. The summed E-state index contributed by atoms with van der Waals surface area (Å²) in [6.45, 7) is 1.06. The Bertz CT molecular complexity index is 846. The minimum atomic E-state index is 0.506. The van der Waals surface area contributed by atoms with Crippen molar-refractivity contribution in [2.75, 3.05) is 7.05 Å². The number of fused-ring (bicyclic) bond motifs is 4. The molecule has 2 heteroatoms. The first-order valence-electron chi connectivity index (χ1n) is 7.70. The summed E-state index contributed by atoms with van der Waals surface area (Å²) in [5.41, 5.74) is 7.27. The summed E-state index contributed by atoms with van der Waals surface area (Å²) >= 11 is 0. The van der Waals surface area contributed by atoms with Gasteiger partial charge in [-0.05, 0) is 41.8 Å². The van der Waals surface area contributed by atoms with E-state index in [1.165, 1.54) is 33.2 Å². The Morgan fingerprint density at radius 1 is 1.00 bits per heavy atom. The average molecular weight is 274 g/mol. The minimum absolute atomic E-state index is 0.506. The van der Waals surface area contributed by atoms with E-state index in [1.54, 1.807) is 0 Å². The number of nitrogens with zero attached hydrogens (tertiary/aromatic N) is 1. The first-order chi connectivity index (χ1) is 10.3. The lowest BCUT2D eigenvalue weighted by atomic mass is 9.72. The van der Waals surface area contributed by atoms with Crippen LogP contribution in [0.1, 0.15) is 28.2 Å². The van der Waals surface area contributed by atoms with Crippen LogP contribution >= 0.6 is 0 Å². The van der Waals surface area contributed by atoms with Crippen LogP contribution in [0.3, 0.4) is 0 Å². The number of hydrogen-bond donors (Lipinski definition) is 1. The molecular formula is C19H18N2. The highest BCUT2D eigenvalue weighted by Crippen LogP contribution is 2.45. The Morgan fingerprint density at radius 3 is 2.81 bits per heavy atom. The van der Waals surface area contributed by atoms with Gasteiger partial charge in [-0.1, -0.05) is 36.4 Å². The van der Waals surface area contributed by atoms with Crippen LogP contribution < -0.4 is 0 Å². The first kappa shape index (κ1) is 11.6. The summed E-state index contributed by atoms with van der Waals surface area (Å²) in [4.78, 5) is 5.98. The summed E-state index contributed by atoms with van der Waals surface area (Å²) in [5, 5.41) is 1.46. The Hall–Kier alpha value is -2.06. The summed E-state index contributed by atoms with van der Waals surface area (Å²) < 4.78 is 0. The molecule has 1 aliphatic heterocycles. The van der Waals surface area contributed by atoms with Gasteiger partial charge in [-0.3, -0.25) is 4.90 Å². The molecule has 2 aromatic carbocycles. The molecule has 21 heavy (non-hydrogen) atoms. The molecule has 0 bridgehead atoms. The van der Waals surface area contributed by atoms with Crippen LogP contribution in [0, 0.1) is 0 Å². The van der Waals surface area contributed by atoms with E-state index in [0.29, 0.717) is 12.0 Å². The standard InChI is InChI=1S/C19H18N2/c1-21-11-12-5-2-3-6-14(12)19-15-7-4-8-16-18(15)13(10-20-16)9-17(19)21/h2-8,10,17,19-20H,9,11H2,1H3/t17-,19-/m0/s1. The SMILES string of the molecule is CN1Cc2ccccc2[C@H]2c3cccc4[nH]cc(c34)C[C@@H]21. The molecule has 2 heterocycles. The molecule has 1 aliphatic carbocycles. The lowest BCUT2D eigenvalue weighted by Gasteiger charge is -2.43. The van der Waals surface area contributed by atoms with E-state index in [9.17, 15) is 0 Å². The maximum atomic E-state index is 3.45. The van der Waals surface area contributed by atoms with Crippen molar-refractivity contribution in [3.05, 3.63) is 70.9 Å². The van der Waals surface area contributed by atoms with E-state index in [-0.39, 0.29) is 0 Å². The van der Waals surface area contributed by atoms with Crippen molar-refractivity contribution in [2.45, 2.75) is 24.9 Å². The lowest BCUT2D eigenvalue weighted by molar-refractivity contribution is 0.193. The minimum Gasteiger partial charge on any atom is -0.361 e. The predicted molar refractivity (Wildman–Crippen MR) is 85.5 cm³/mol. The van der Waals surface area contributed by atoms with Crippen LogP contribution in [0.5, 0.6) is 0 Å². The highest BCUT2D eigenvalue weighted by Gasteiger charge is 2.38. The van der Waals surface area contributed by atoms with E-state index in [4.69, 9.17) is 0 Å². The van der Waals surface area contributed by atoms with Gasteiger partial charge in [0.2, 0.25) is 0 Å². The van der Waals surface area contributed by atoms with Gasteiger partial charge < -0.3 is 4.98 Å². The van der Waals surface area contributed by atoms with Crippen LogP contribution in [0.2, 0.25) is 0 Å². The molecule has 1 aromatic heterocycles. The van der Waals surface area contributed by atoms with E-state index >= 15 is 0 Å². The van der Waals surface area contributed by atoms with Crippen LogP contribution in [0.25, 0.3) is 10.9 Å². The van der Waals surface area contributed by atoms with Crippen molar-refractivity contribution in [2.24, 2.45) is 0 Å². The van der Waals surface area contributed by atoms with Crippen molar-refractivity contribution >= 4 is 10.9 Å². The van der Waals surface area contributed by atoms with Crippen molar-refractivity contribution < 1.29 is 0 Å². The molecule has 3 aromatic rings. The highest BCUT2D eigenvalue weighted by atomic mass is 15.1. The van der Waals surface area contributed by atoms with Crippen LogP contribution in [-0.2, 0) is 13.0 Å². The van der Waals surface area contributed by atoms with Gasteiger partial charge in [0.1, 0.15) is 0 Å². The molecule has 0 saturated heterocycles. The molecule has 2 nitrogen and oxygen atoms in total. The first-order valence-corrected chi connectivity index (χ1v) is 7.70. The normalized spacial score (nSPS) is 23.9. The summed E-state index contributed by atoms with van der Waals surface area (Å²) in [5.74, 6) is 0.506. The molecular weight excluding hydrogens is 256 g/mol. The number of aromatic amines is 1. The van der Waals surface area contributed by atoms with Gasteiger partial charge in [0.05, 0.1) is 0 Å². The van der Waals surface area contributed by atoms with Gasteiger partial charge >= 0.3 is 0 Å². The Kier molecular flexibility index (Phi) is 2.20. The van der Waals surface area contributed by atoms with Gasteiger partial charge in [-0.25, -0.2) is 0 Å². The zero-order valence-electron chi connectivity index (χ0n) is 12.1. The van der Waals surface area contributed by atoms with Crippen LogP contribution in [0.15, 0.2) is 48.7 Å². The monoisotopic (exact) mass is 274 g/mol. The molecule has 2 aliphatic rings. The molecule has 0 saturated carbocycles. The summed E-state index contributed by atoms with van der Waals surface area (Å²) in [6.07, 6.45) is 3.35. The third-order valence-electron chi connectivity index (χ3n) is 5.34. The van der Waals surface area contributed by atoms with Crippen molar-refractivity contribution in [3.63, 3.8) is 0 Å². The molecule has 5 rings (SSSR count). The number of benzene rings is 2. The Labute approximate surface area is 124 Å². The second-order valence-corrected chi connectivity index (χ2v) is 6.45. The lowest BCUT2D eigenvalue weighted by Crippen LogP contribution is -2.44. The molecule has 1 N–H and O–H groups in total. The largest absolute Gasteiger partial charge is 0.361 e. The smallest absolute Gasteiger partial charge is 0.0459 e. The van der Waals surface area contributed by atoms with Crippen LogP contribution in [-0.4, -0.2) is 23.0 Å². The predicted octanol–water partition coefficient (Wildman–Crippen LogP) is 3.67. The zero-order chi connectivity index (χ0) is 14.0. The molecule has 0 radical (unpaired) electrons. The molecule has 0 fully saturated rings. The fourth-order valence-electron chi connectivity index (χ4n) is 4.41. The molecule has 0 spiro atoms. The Morgan fingerprint density at radius 2 is 1.86 bits per heavy atom. The quantitative estimate of drug-likeness (QED) is 0.662. The average Bonchev–Trinajstić information content (AvgIpc) is 2.93. The van der Waals surface area contributed by atoms with Gasteiger partial charge in [-0.15, -0.1) is 0 Å². The molecule has 2 atom stereocenters. The van der Waals surface area contributed by atoms with Gasteiger partial charge in [0.25, 0.3) is 0 Å². The fraction of sp³-hybridized carbons (Fsp3) is 0.263. The number of aromatic nitrogens is 1. The van der Waals surface area contributed by atoms with Crippen molar-refractivity contribution in [3.8, 4) is 0 Å². The number of hydrogen-bond acceptors (Lipinski definition) is 1. The fourth-order valence-corrected chi connectivity index (χ4v) is 4.41. The molecule has 0 unspecified atom stereocenters. The van der Waals surface area contributed by atoms with Crippen molar-refractivity contribution in [1.29, 1.82) is 0 Å². The van der Waals surface area contributed by atoms with E-state index in [1.807, 2.05) is 0 Å². The van der Waals surface area contributed by atoms with Gasteiger partial charge in [0, 0.05) is 35.6 Å². The number of rotatable bonds is 0. The third-order valence-corrected chi connectivity index (χ3v) is 5.34. The maximum absolute atomic E-state index is 3.45. The van der Waals surface area contributed by atoms with E-state index in [0.717, 1.165) is 13.0 Å². The summed E-state index contributed by atoms with van der Waals surface area (Å²) in [7, 11) is 2.27. The van der Waals surface area contributed by atoms with Gasteiger partial charge in [0.15, 0.2) is 0 Å². The van der Waals surface area contributed by atoms with Gasteiger partial charge in [-0.2, -0.15) is 0 Å². The second kappa shape index (κ2) is 3.99. The Balaban J connectivity index is 1.84. The number of nitrogens with one attached hydrogen (secondary N) is 1. The molecule has 0 amide bonds. The molecule has 104 valence electrons. The highest BCUT2D eigenvalue weighted by molar-refractivity contribution is 5.89. The number of likely N-dealkylation sites (N-methyl/N-ethyl adjacent to an activating group) is 1. The van der Waals surface area contributed by atoms with Crippen molar-refractivity contribution in [1.82, 2.24) is 9.88 Å². The zero-order valence-corrected chi connectivity index (χ0v) is 12.1. The third kappa shape index (κ3) is 1.46. The van der Waals surface area contributed by atoms with Crippen LogP contribution in [0.4, 0.5) is 0 Å². The van der Waals surface area contributed by atoms with E-state index in [2.05, 4.69) is 65.6 Å². The maximum Gasteiger partial charge on any atom is 0.0459 e. The number of H-pyrrole nitrogens is 1. The van der Waals surface area contributed by atoms with E-state index < -0.39 is 0 Å². The topological polar surface area (TPSA) is 19.0 Å².